The highest BCUT2D eigenvalue weighted by Crippen LogP contribution is 2.57. The smallest absolute Gasteiger partial charge is 0.335 e. The van der Waals surface area contributed by atoms with E-state index in [1.807, 2.05) is 6.07 Å². The van der Waals surface area contributed by atoms with E-state index in [0.29, 0.717) is 17.5 Å². The van der Waals surface area contributed by atoms with Crippen molar-refractivity contribution in [3.05, 3.63) is 29.6 Å². The molecule has 4 heteroatoms. The summed E-state index contributed by atoms with van der Waals surface area (Å²) < 4.78 is 2.26. The predicted molar refractivity (Wildman–Crippen MR) is 78.2 cm³/mol. The molecule has 1 aromatic carbocycles. The Morgan fingerprint density at radius 1 is 1.45 bits per heavy atom. The highest BCUT2D eigenvalue weighted by Gasteiger charge is 2.48. The quantitative estimate of drug-likeness (QED) is 0.923. The fourth-order valence-electron chi connectivity index (χ4n) is 2.86. The molecule has 1 N–H and O–H groups in total. The number of aromatic carboxylic acids is 1. The number of aromatic nitrogens is 2. The second-order valence-corrected chi connectivity index (χ2v) is 6.71. The Morgan fingerprint density at radius 3 is 2.60 bits per heavy atom. The van der Waals surface area contributed by atoms with Crippen LogP contribution < -0.4 is 0 Å². The maximum absolute atomic E-state index is 11.2. The summed E-state index contributed by atoms with van der Waals surface area (Å²) in [6, 6.07) is 5.62. The van der Waals surface area contributed by atoms with Crippen LogP contribution in [0.5, 0.6) is 0 Å². The number of imidazole rings is 1. The number of hydrogen-bond donors (Lipinski definition) is 1. The Labute approximate surface area is 118 Å². The molecule has 0 bridgehead atoms. The van der Waals surface area contributed by atoms with E-state index in [1.165, 1.54) is 0 Å². The second-order valence-electron chi connectivity index (χ2n) is 6.71. The number of hydrogen-bond acceptors (Lipinski definition) is 2. The van der Waals surface area contributed by atoms with Crippen LogP contribution in [-0.2, 0) is 0 Å². The molecule has 2 aromatic rings. The Kier molecular flexibility index (Phi) is 2.68. The average molecular weight is 272 g/mol. The van der Waals surface area contributed by atoms with E-state index in [2.05, 4.69) is 32.3 Å². The summed E-state index contributed by atoms with van der Waals surface area (Å²) >= 11 is 0. The van der Waals surface area contributed by atoms with Gasteiger partial charge < -0.3 is 9.67 Å². The third kappa shape index (κ3) is 1.90. The van der Waals surface area contributed by atoms with Crippen LogP contribution in [0.25, 0.3) is 11.0 Å². The van der Waals surface area contributed by atoms with Crippen LogP contribution in [-0.4, -0.2) is 20.6 Å². The van der Waals surface area contributed by atoms with Crippen molar-refractivity contribution in [2.45, 2.75) is 46.1 Å². The number of benzene rings is 1. The fourth-order valence-corrected chi connectivity index (χ4v) is 2.86. The van der Waals surface area contributed by atoms with Gasteiger partial charge in [-0.1, -0.05) is 27.7 Å². The van der Waals surface area contributed by atoms with E-state index in [4.69, 9.17) is 4.98 Å². The third-order valence-electron chi connectivity index (χ3n) is 4.25. The maximum Gasteiger partial charge on any atom is 0.335 e. The van der Waals surface area contributed by atoms with Gasteiger partial charge in [0, 0.05) is 12.0 Å². The van der Waals surface area contributed by atoms with Crippen LogP contribution in [0.2, 0.25) is 0 Å². The summed E-state index contributed by atoms with van der Waals surface area (Å²) in [6.07, 6.45) is 1.12. The van der Waals surface area contributed by atoms with E-state index in [0.717, 1.165) is 23.3 Å². The molecule has 0 spiro atoms. The van der Waals surface area contributed by atoms with Crippen LogP contribution in [0.3, 0.4) is 0 Å². The summed E-state index contributed by atoms with van der Waals surface area (Å²) in [7, 11) is 0. The van der Waals surface area contributed by atoms with Gasteiger partial charge in [0.1, 0.15) is 5.82 Å². The van der Waals surface area contributed by atoms with Gasteiger partial charge in [0.05, 0.1) is 16.6 Å². The molecule has 1 aliphatic rings. The summed E-state index contributed by atoms with van der Waals surface area (Å²) in [6.45, 7) is 8.75. The van der Waals surface area contributed by atoms with Crippen LogP contribution in [0.15, 0.2) is 18.2 Å². The fraction of sp³-hybridized carbons (Fsp3) is 0.500. The van der Waals surface area contributed by atoms with E-state index >= 15 is 0 Å². The lowest BCUT2D eigenvalue weighted by Crippen LogP contribution is -2.07. The van der Waals surface area contributed by atoms with E-state index < -0.39 is 5.97 Å². The molecule has 0 saturated heterocycles. The summed E-state index contributed by atoms with van der Waals surface area (Å²) in [5.74, 6) is 0.492. The van der Waals surface area contributed by atoms with Crippen molar-refractivity contribution >= 4 is 17.0 Å². The van der Waals surface area contributed by atoms with Crippen molar-refractivity contribution in [1.82, 2.24) is 9.55 Å². The molecule has 1 aliphatic carbocycles. The first-order valence-electron chi connectivity index (χ1n) is 7.06. The van der Waals surface area contributed by atoms with Gasteiger partial charge in [0.15, 0.2) is 0 Å². The zero-order valence-electron chi connectivity index (χ0n) is 12.3. The molecule has 106 valence electrons. The molecule has 3 rings (SSSR count). The monoisotopic (exact) mass is 272 g/mol. The van der Waals surface area contributed by atoms with Gasteiger partial charge in [-0.05, 0) is 30.0 Å². The number of fused-ring (bicyclic) bond motifs is 1. The topological polar surface area (TPSA) is 55.1 Å². The minimum atomic E-state index is -0.888. The van der Waals surface area contributed by atoms with E-state index in [9.17, 15) is 9.90 Å². The van der Waals surface area contributed by atoms with Crippen molar-refractivity contribution in [1.29, 1.82) is 0 Å². The molecule has 0 amide bonds. The van der Waals surface area contributed by atoms with Crippen molar-refractivity contribution in [2.75, 3.05) is 0 Å². The Balaban J connectivity index is 2.24. The van der Waals surface area contributed by atoms with E-state index in [1.54, 1.807) is 12.1 Å². The Hall–Kier alpha value is -1.84. The molecule has 0 aliphatic heterocycles. The molecule has 1 saturated carbocycles. The van der Waals surface area contributed by atoms with Gasteiger partial charge in [-0.2, -0.15) is 0 Å². The summed E-state index contributed by atoms with van der Waals surface area (Å²) in [5, 5.41) is 9.18. The SMILES string of the molecule is CC(C)c1nc2ccc(C(=O)O)cc2n1C1CC1(C)C. The number of carboxylic acid groups (broad SMARTS) is 1. The number of carboxylic acids is 1. The predicted octanol–water partition coefficient (Wildman–Crippen LogP) is 3.83. The summed E-state index contributed by atoms with van der Waals surface area (Å²) in [5.41, 5.74) is 2.44. The van der Waals surface area contributed by atoms with Gasteiger partial charge in [-0.3, -0.25) is 0 Å². The maximum atomic E-state index is 11.2. The molecule has 1 atom stereocenters. The normalized spacial score (nSPS) is 20.6. The van der Waals surface area contributed by atoms with Gasteiger partial charge in [0.2, 0.25) is 0 Å². The molecule has 1 fully saturated rings. The number of nitrogens with zero attached hydrogens (tertiary/aromatic N) is 2. The largest absolute Gasteiger partial charge is 0.478 e. The molecular formula is C16H20N2O2. The Bertz CT molecular complexity index is 698. The first-order valence-corrected chi connectivity index (χ1v) is 7.06. The first kappa shape index (κ1) is 13.2. The minimum absolute atomic E-state index is 0.274. The van der Waals surface area contributed by atoms with Crippen LogP contribution in [0.4, 0.5) is 0 Å². The van der Waals surface area contributed by atoms with Gasteiger partial charge >= 0.3 is 5.97 Å². The number of carbonyl (C=O) groups is 1. The Morgan fingerprint density at radius 2 is 2.10 bits per heavy atom. The molecular weight excluding hydrogens is 252 g/mol. The molecule has 1 heterocycles. The molecule has 4 nitrogen and oxygen atoms in total. The highest BCUT2D eigenvalue weighted by atomic mass is 16.4. The van der Waals surface area contributed by atoms with Gasteiger partial charge in [-0.15, -0.1) is 0 Å². The highest BCUT2D eigenvalue weighted by molar-refractivity contribution is 5.92. The van der Waals surface area contributed by atoms with Crippen LogP contribution in [0, 0.1) is 5.41 Å². The lowest BCUT2D eigenvalue weighted by atomic mass is 10.1. The van der Waals surface area contributed by atoms with Crippen LogP contribution >= 0.6 is 0 Å². The van der Waals surface area contributed by atoms with E-state index in [-0.39, 0.29) is 5.41 Å². The van der Waals surface area contributed by atoms with Crippen LogP contribution in [0.1, 0.15) is 62.3 Å². The lowest BCUT2D eigenvalue weighted by Gasteiger charge is -2.13. The zero-order chi connectivity index (χ0) is 14.7. The molecule has 20 heavy (non-hydrogen) atoms. The van der Waals surface area contributed by atoms with Crippen molar-refractivity contribution in [3.63, 3.8) is 0 Å². The third-order valence-corrected chi connectivity index (χ3v) is 4.25. The summed E-state index contributed by atoms with van der Waals surface area (Å²) in [4.78, 5) is 15.9. The molecule has 0 radical (unpaired) electrons. The van der Waals surface area contributed by atoms with Crippen molar-refractivity contribution in [2.24, 2.45) is 5.41 Å². The molecule has 1 unspecified atom stereocenters. The minimum Gasteiger partial charge on any atom is -0.478 e. The first-order chi connectivity index (χ1) is 9.31. The lowest BCUT2D eigenvalue weighted by molar-refractivity contribution is 0.0697. The second kappa shape index (κ2) is 4.08. The van der Waals surface area contributed by atoms with Crippen molar-refractivity contribution in [3.8, 4) is 0 Å². The van der Waals surface area contributed by atoms with Gasteiger partial charge in [0.25, 0.3) is 0 Å². The van der Waals surface area contributed by atoms with Gasteiger partial charge in [-0.25, -0.2) is 9.78 Å². The number of rotatable bonds is 3. The average Bonchev–Trinajstić information content (AvgIpc) is 2.84. The standard InChI is InChI=1S/C16H20N2O2/c1-9(2)14-17-11-6-5-10(15(19)20)7-12(11)18(14)13-8-16(13,3)4/h5-7,9,13H,8H2,1-4H3,(H,19,20). The van der Waals surface area contributed by atoms with Crippen molar-refractivity contribution < 1.29 is 9.90 Å². The zero-order valence-corrected chi connectivity index (χ0v) is 12.3. The molecule has 1 aromatic heterocycles.